The van der Waals surface area contributed by atoms with Crippen molar-refractivity contribution in [3.63, 3.8) is 0 Å². The molecule has 2 aromatic carbocycles. The van der Waals surface area contributed by atoms with Gasteiger partial charge in [-0.1, -0.05) is 24.3 Å². The Morgan fingerprint density at radius 2 is 1.92 bits per heavy atom. The van der Waals surface area contributed by atoms with Crippen LogP contribution in [0.15, 0.2) is 48.5 Å². The van der Waals surface area contributed by atoms with Crippen LogP contribution in [-0.4, -0.2) is 36.1 Å². The molecule has 136 valence electrons. The molecular formula is C19H19FN2O3S. The van der Waals surface area contributed by atoms with Gasteiger partial charge in [0.25, 0.3) is 0 Å². The minimum atomic E-state index is -0.318. The smallest absolute Gasteiger partial charge is 0.239 e. The fourth-order valence-electron chi connectivity index (χ4n) is 2.68. The maximum Gasteiger partial charge on any atom is 0.239 e. The van der Waals surface area contributed by atoms with Gasteiger partial charge in [-0.15, -0.1) is 11.8 Å². The van der Waals surface area contributed by atoms with E-state index < -0.39 is 0 Å². The van der Waals surface area contributed by atoms with E-state index in [0.29, 0.717) is 12.3 Å². The van der Waals surface area contributed by atoms with Crippen molar-refractivity contribution >= 4 is 23.6 Å². The lowest BCUT2D eigenvalue weighted by Gasteiger charge is -2.23. The number of thioether (sulfide) groups is 1. The number of ether oxygens (including phenoxy) is 1. The molecule has 0 radical (unpaired) electrons. The van der Waals surface area contributed by atoms with Gasteiger partial charge < -0.3 is 15.0 Å². The SMILES string of the molecule is COc1ccc(C2SCC(=O)N2CC(=O)NCc2ccc(F)cc2)cc1. The van der Waals surface area contributed by atoms with Crippen molar-refractivity contribution in [2.24, 2.45) is 0 Å². The van der Waals surface area contributed by atoms with E-state index in [1.807, 2.05) is 24.3 Å². The van der Waals surface area contributed by atoms with Crippen LogP contribution >= 0.6 is 11.8 Å². The van der Waals surface area contributed by atoms with Crippen molar-refractivity contribution in [1.29, 1.82) is 0 Å². The number of nitrogens with zero attached hydrogens (tertiary/aromatic N) is 1. The zero-order valence-electron chi connectivity index (χ0n) is 14.3. The lowest BCUT2D eigenvalue weighted by atomic mass is 10.2. The highest BCUT2D eigenvalue weighted by atomic mass is 32.2. The molecule has 1 aliphatic rings. The van der Waals surface area contributed by atoms with Crippen LogP contribution in [0.25, 0.3) is 0 Å². The number of hydrogen-bond acceptors (Lipinski definition) is 4. The molecule has 2 aromatic rings. The Hall–Kier alpha value is -2.54. The molecule has 1 fully saturated rings. The Kier molecular flexibility index (Phi) is 5.78. The number of carbonyl (C=O) groups excluding carboxylic acids is 2. The quantitative estimate of drug-likeness (QED) is 0.845. The Balaban J connectivity index is 1.61. The first-order chi connectivity index (χ1) is 12.6. The molecule has 0 saturated carbocycles. The van der Waals surface area contributed by atoms with Crippen LogP contribution in [0.2, 0.25) is 0 Å². The minimum Gasteiger partial charge on any atom is -0.497 e. The average Bonchev–Trinajstić information content (AvgIpc) is 3.02. The van der Waals surface area contributed by atoms with Crippen molar-refractivity contribution < 1.29 is 18.7 Å². The van der Waals surface area contributed by atoms with Gasteiger partial charge in [0, 0.05) is 6.54 Å². The van der Waals surface area contributed by atoms with Gasteiger partial charge in [-0.25, -0.2) is 4.39 Å². The summed E-state index contributed by atoms with van der Waals surface area (Å²) < 4.78 is 18.1. The minimum absolute atomic E-state index is 0.0102. The van der Waals surface area contributed by atoms with Crippen molar-refractivity contribution in [3.8, 4) is 5.75 Å². The van der Waals surface area contributed by atoms with E-state index in [9.17, 15) is 14.0 Å². The summed E-state index contributed by atoms with van der Waals surface area (Å²) in [6.07, 6.45) is 0. The van der Waals surface area contributed by atoms with Crippen LogP contribution < -0.4 is 10.1 Å². The second-order valence-electron chi connectivity index (χ2n) is 5.86. The zero-order valence-corrected chi connectivity index (χ0v) is 15.1. The van der Waals surface area contributed by atoms with Crippen LogP contribution in [0.1, 0.15) is 16.5 Å². The number of amides is 2. The summed E-state index contributed by atoms with van der Waals surface area (Å²) in [5.41, 5.74) is 1.75. The fraction of sp³-hybridized carbons (Fsp3) is 0.263. The molecule has 0 bridgehead atoms. The number of rotatable bonds is 6. The van der Waals surface area contributed by atoms with Crippen LogP contribution in [-0.2, 0) is 16.1 Å². The number of nitrogens with one attached hydrogen (secondary N) is 1. The van der Waals surface area contributed by atoms with Gasteiger partial charge in [-0.05, 0) is 35.4 Å². The van der Waals surface area contributed by atoms with Crippen LogP contribution in [0.3, 0.4) is 0 Å². The first-order valence-corrected chi connectivity index (χ1v) is 9.18. The lowest BCUT2D eigenvalue weighted by Crippen LogP contribution is -2.39. The third-order valence-electron chi connectivity index (χ3n) is 4.09. The lowest BCUT2D eigenvalue weighted by molar-refractivity contribution is -0.133. The third-order valence-corrected chi connectivity index (χ3v) is 5.34. The van der Waals surface area contributed by atoms with Gasteiger partial charge >= 0.3 is 0 Å². The molecule has 1 unspecified atom stereocenters. The number of carbonyl (C=O) groups is 2. The Morgan fingerprint density at radius 3 is 2.58 bits per heavy atom. The van der Waals surface area contributed by atoms with Crippen molar-refractivity contribution in [1.82, 2.24) is 10.2 Å². The first-order valence-electron chi connectivity index (χ1n) is 8.13. The Bertz CT molecular complexity index is 780. The zero-order chi connectivity index (χ0) is 18.5. The molecular weight excluding hydrogens is 355 g/mol. The normalized spacial score (nSPS) is 16.6. The topological polar surface area (TPSA) is 58.6 Å². The monoisotopic (exact) mass is 374 g/mol. The van der Waals surface area contributed by atoms with Gasteiger partial charge in [-0.2, -0.15) is 0 Å². The van der Waals surface area contributed by atoms with E-state index in [0.717, 1.165) is 16.9 Å². The molecule has 2 amide bonds. The van der Waals surface area contributed by atoms with Crippen LogP contribution in [0.5, 0.6) is 5.75 Å². The van der Waals surface area contributed by atoms with Gasteiger partial charge in [-0.3, -0.25) is 9.59 Å². The number of methoxy groups -OCH3 is 1. The molecule has 1 saturated heterocycles. The molecule has 0 aliphatic carbocycles. The molecule has 0 spiro atoms. The van der Waals surface area contributed by atoms with Crippen LogP contribution in [0, 0.1) is 5.82 Å². The molecule has 0 aromatic heterocycles. The van der Waals surface area contributed by atoms with E-state index in [1.165, 1.54) is 23.9 Å². The summed E-state index contributed by atoms with van der Waals surface area (Å²) >= 11 is 1.50. The fourth-order valence-corrected chi connectivity index (χ4v) is 3.87. The largest absolute Gasteiger partial charge is 0.497 e. The highest BCUT2D eigenvalue weighted by Crippen LogP contribution is 2.38. The Labute approximate surface area is 155 Å². The summed E-state index contributed by atoms with van der Waals surface area (Å²) in [6, 6.07) is 13.4. The number of benzene rings is 2. The molecule has 1 N–H and O–H groups in total. The molecule has 1 heterocycles. The van der Waals surface area contributed by atoms with Crippen molar-refractivity contribution in [3.05, 3.63) is 65.5 Å². The molecule has 26 heavy (non-hydrogen) atoms. The van der Waals surface area contributed by atoms with Crippen molar-refractivity contribution in [2.75, 3.05) is 19.4 Å². The van der Waals surface area contributed by atoms with E-state index in [4.69, 9.17) is 4.74 Å². The second-order valence-corrected chi connectivity index (χ2v) is 6.93. The highest BCUT2D eigenvalue weighted by Gasteiger charge is 2.34. The third kappa shape index (κ3) is 4.35. The number of hydrogen-bond donors (Lipinski definition) is 1. The van der Waals surface area contributed by atoms with Gasteiger partial charge in [0.15, 0.2) is 0 Å². The van der Waals surface area contributed by atoms with E-state index >= 15 is 0 Å². The predicted molar refractivity (Wildman–Crippen MR) is 98.2 cm³/mol. The van der Waals surface area contributed by atoms with E-state index in [-0.39, 0.29) is 29.6 Å². The average molecular weight is 374 g/mol. The summed E-state index contributed by atoms with van der Waals surface area (Å²) in [5.74, 6) is 0.465. The maximum atomic E-state index is 12.9. The number of halogens is 1. The molecule has 7 heteroatoms. The summed E-state index contributed by atoms with van der Waals surface area (Å²) in [6.45, 7) is 0.283. The van der Waals surface area contributed by atoms with E-state index in [1.54, 1.807) is 24.1 Å². The van der Waals surface area contributed by atoms with E-state index in [2.05, 4.69) is 5.32 Å². The summed E-state index contributed by atoms with van der Waals surface area (Å²) in [5, 5.41) is 2.58. The summed E-state index contributed by atoms with van der Waals surface area (Å²) in [7, 11) is 1.60. The second kappa shape index (κ2) is 8.23. The Morgan fingerprint density at radius 1 is 1.23 bits per heavy atom. The standard InChI is InChI=1S/C19H19FN2O3S/c1-25-16-8-4-14(5-9-16)19-22(18(24)12-26-19)11-17(23)21-10-13-2-6-15(20)7-3-13/h2-9,19H,10-12H2,1H3,(H,21,23). The van der Waals surface area contributed by atoms with Crippen molar-refractivity contribution in [2.45, 2.75) is 11.9 Å². The molecule has 5 nitrogen and oxygen atoms in total. The maximum absolute atomic E-state index is 12.9. The van der Waals surface area contributed by atoms with Crippen LogP contribution in [0.4, 0.5) is 4.39 Å². The predicted octanol–water partition coefficient (Wildman–Crippen LogP) is 2.72. The molecule has 1 aliphatic heterocycles. The highest BCUT2D eigenvalue weighted by molar-refractivity contribution is 8.00. The molecule has 1 atom stereocenters. The summed E-state index contributed by atoms with van der Waals surface area (Å²) in [4.78, 5) is 26.0. The van der Waals surface area contributed by atoms with Gasteiger partial charge in [0.1, 0.15) is 23.5 Å². The van der Waals surface area contributed by atoms with Gasteiger partial charge in [0.05, 0.1) is 12.9 Å². The van der Waals surface area contributed by atoms with Gasteiger partial charge in [0.2, 0.25) is 11.8 Å². The molecule has 3 rings (SSSR count). The first kappa shape index (κ1) is 18.3.